The minimum atomic E-state index is -4.72. The van der Waals surface area contributed by atoms with Crippen molar-refractivity contribution in [3.05, 3.63) is 101 Å². The van der Waals surface area contributed by atoms with E-state index >= 15 is 0 Å². The number of imide groups is 1. The second kappa shape index (κ2) is 7.92. The average molecular weight is 448 g/mol. The Bertz CT molecular complexity index is 1300. The van der Waals surface area contributed by atoms with Crippen LogP contribution >= 0.6 is 0 Å². The highest BCUT2D eigenvalue weighted by Gasteiger charge is 2.42. The fraction of sp³-hybridized carbons (Fsp3) is 0.154. The van der Waals surface area contributed by atoms with Crippen LogP contribution in [0.1, 0.15) is 33.5 Å². The van der Waals surface area contributed by atoms with Crippen LogP contribution in [-0.2, 0) is 17.4 Å². The largest absolute Gasteiger partial charge is 0.418 e. The van der Waals surface area contributed by atoms with Gasteiger partial charge in [0, 0.05) is 29.6 Å². The molecule has 0 fully saturated rings. The first kappa shape index (κ1) is 21.0. The van der Waals surface area contributed by atoms with Crippen LogP contribution < -0.4 is 9.80 Å². The van der Waals surface area contributed by atoms with E-state index in [9.17, 15) is 22.8 Å². The van der Waals surface area contributed by atoms with Crippen molar-refractivity contribution in [2.45, 2.75) is 19.0 Å². The number of fused-ring (bicyclic) bond motifs is 2. The van der Waals surface area contributed by atoms with E-state index < -0.39 is 29.2 Å². The normalized spacial score (nSPS) is 17.2. The molecule has 0 aliphatic carbocycles. The van der Waals surface area contributed by atoms with E-state index in [0.717, 1.165) is 36.2 Å². The van der Waals surface area contributed by atoms with E-state index in [4.69, 9.17) is 0 Å². The summed E-state index contributed by atoms with van der Waals surface area (Å²) in [7, 11) is 0. The van der Waals surface area contributed by atoms with Gasteiger partial charge in [-0.2, -0.15) is 13.2 Å². The number of anilines is 2. The summed E-state index contributed by atoms with van der Waals surface area (Å²) >= 11 is 0. The Balaban J connectivity index is 1.68. The fourth-order valence-electron chi connectivity index (χ4n) is 4.46. The van der Waals surface area contributed by atoms with E-state index in [0.29, 0.717) is 17.0 Å². The molecule has 2 aliphatic heterocycles. The average Bonchev–Trinajstić information content (AvgIpc) is 2.82. The zero-order valence-corrected chi connectivity index (χ0v) is 17.5. The van der Waals surface area contributed by atoms with Crippen LogP contribution in [0.2, 0.25) is 0 Å². The third-order valence-corrected chi connectivity index (χ3v) is 5.97. The monoisotopic (exact) mass is 448 g/mol. The van der Waals surface area contributed by atoms with Crippen molar-refractivity contribution in [1.29, 1.82) is 0 Å². The number of carbonyl (C=O) groups excluding carboxylic acids is 2. The topological polar surface area (TPSA) is 40.6 Å². The molecule has 2 heterocycles. The molecule has 0 saturated carbocycles. The van der Waals surface area contributed by atoms with Gasteiger partial charge in [0.05, 0.1) is 16.8 Å². The third-order valence-electron chi connectivity index (χ3n) is 5.97. The molecule has 0 bridgehead atoms. The molecule has 3 aromatic rings. The maximum absolute atomic E-state index is 13.7. The maximum Gasteiger partial charge on any atom is 0.418 e. The van der Waals surface area contributed by atoms with Gasteiger partial charge in [0.2, 0.25) is 0 Å². The number of rotatable bonds is 2. The van der Waals surface area contributed by atoms with Crippen LogP contribution in [0.25, 0.3) is 5.57 Å². The molecule has 33 heavy (non-hydrogen) atoms. The lowest BCUT2D eigenvalue weighted by Crippen LogP contribution is -2.43. The first-order valence-electron chi connectivity index (χ1n) is 10.6. The molecule has 0 spiro atoms. The fourth-order valence-corrected chi connectivity index (χ4v) is 4.46. The van der Waals surface area contributed by atoms with Gasteiger partial charge in [-0.1, -0.05) is 48.5 Å². The van der Waals surface area contributed by atoms with Gasteiger partial charge in [0.25, 0.3) is 11.8 Å². The molecule has 0 N–H and O–H groups in total. The highest BCUT2D eigenvalue weighted by atomic mass is 19.4. The molecule has 3 aromatic carbocycles. The number of nitrogens with zero attached hydrogens (tertiary/aromatic N) is 2. The van der Waals surface area contributed by atoms with Gasteiger partial charge in [-0.3, -0.25) is 9.59 Å². The number of amides is 2. The SMILES string of the molecule is O=C1/C(=C\N2CCCc3ccccc32)c2ccccc2C(=O)N1c1ccccc1C(F)(F)F. The van der Waals surface area contributed by atoms with Gasteiger partial charge in [0.15, 0.2) is 0 Å². The van der Waals surface area contributed by atoms with E-state index in [1.165, 1.54) is 18.2 Å². The minimum absolute atomic E-state index is 0.180. The van der Waals surface area contributed by atoms with Gasteiger partial charge in [0.1, 0.15) is 0 Å². The molecule has 4 nitrogen and oxygen atoms in total. The zero-order chi connectivity index (χ0) is 23.2. The molecule has 2 amide bonds. The highest BCUT2D eigenvalue weighted by molar-refractivity contribution is 6.41. The van der Waals surface area contributed by atoms with Crippen molar-refractivity contribution in [2.75, 3.05) is 16.3 Å². The molecule has 0 aromatic heterocycles. The number of hydrogen-bond donors (Lipinski definition) is 0. The lowest BCUT2D eigenvalue weighted by atomic mass is 9.92. The van der Waals surface area contributed by atoms with Gasteiger partial charge in [-0.25, -0.2) is 4.90 Å². The lowest BCUT2D eigenvalue weighted by Gasteiger charge is -2.33. The summed E-state index contributed by atoms with van der Waals surface area (Å²) in [6, 6.07) is 19.0. The molecule has 0 atom stereocenters. The van der Waals surface area contributed by atoms with E-state index in [1.807, 2.05) is 29.2 Å². The number of para-hydroxylation sites is 2. The number of carbonyl (C=O) groups is 2. The van der Waals surface area contributed by atoms with Crippen LogP contribution in [0.5, 0.6) is 0 Å². The second-order valence-corrected chi connectivity index (χ2v) is 7.97. The second-order valence-electron chi connectivity index (χ2n) is 7.97. The Morgan fingerprint density at radius 3 is 2.15 bits per heavy atom. The molecular weight excluding hydrogens is 429 g/mol. The summed E-state index contributed by atoms with van der Waals surface area (Å²) in [5.41, 5.74) is 1.35. The minimum Gasteiger partial charge on any atom is -0.347 e. The van der Waals surface area contributed by atoms with Crippen molar-refractivity contribution < 1.29 is 22.8 Å². The maximum atomic E-state index is 13.7. The molecule has 0 saturated heterocycles. The van der Waals surface area contributed by atoms with Crippen LogP contribution in [-0.4, -0.2) is 18.4 Å². The molecule has 7 heteroatoms. The van der Waals surface area contributed by atoms with E-state index in [2.05, 4.69) is 0 Å². The quantitative estimate of drug-likeness (QED) is 0.374. The lowest BCUT2D eigenvalue weighted by molar-refractivity contribution is -0.137. The summed E-state index contributed by atoms with van der Waals surface area (Å²) < 4.78 is 41.1. The van der Waals surface area contributed by atoms with Gasteiger partial charge < -0.3 is 4.90 Å². The first-order chi connectivity index (χ1) is 15.9. The number of hydrogen-bond acceptors (Lipinski definition) is 3. The molecule has 2 aliphatic rings. The van der Waals surface area contributed by atoms with Crippen molar-refractivity contribution in [1.82, 2.24) is 0 Å². The van der Waals surface area contributed by atoms with E-state index in [1.54, 1.807) is 24.4 Å². The van der Waals surface area contributed by atoms with Crippen molar-refractivity contribution in [2.24, 2.45) is 0 Å². The Morgan fingerprint density at radius 2 is 1.39 bits per heavy atom. The number of halogens is 3. The highest BCUT2D eigenvalue weighted by Crippen LogP contribution is 2.40. The standard InChI is InChI=1S/C26H19F3N2O2/c27-26(28,29)21-12-4-6-14-23(21)31-24(32)19-11-3-2-10-18(19)20(25(31)33)16-30-15-7-9-17-8-1-5-13-22(17)30/h1-6,8,10-14,16H,7,9,15H2/b20-16-. The summed E-state index contributed by atoms with van der Waals surface area (Å²) in [5.74, 6) is -1.55. The van der Waals surface area contributed by atoms with Crippen molar-refractivity contribution in [3.63, 3.8) is 0 Å². The third kappa shape index (κ3) is 3.59. The Hall–Kier alpha value is -3.87. The summed E-state index contributed by atoms with van der Waals surface area (Å²) in [4.78, 5) is 29.4. The molecule has 0 unspecified atom stereocenters. The van der Waals surface area contributed by atoms with Crippen molar-refractivity contribution >= 4 is 28.8 Å². The Morgan fingerprint density at radius 1 is 0.758 bits per heavy atom. The number of benzene rings is 3. The van der Waals surface area contributed by atoms with Gasteiger partial charge in [-0.05, 0) is 42.7 Å². The summed E-state index contributed by atoms with van der Waals surface area (Å²) in [5, 5.41) is 0. The van der Waals surface area contributed by atoms with Crippen LogP contribution in [0.3, 0.4) is 0 Å². The van der Waals surface area contributed by atoms with Crippen molar-refractivity contribution in [3.8, 4) is 0 Å². The van der Waals surface area contributed by atoms with Crippen LogP contribution in [0.15, 0.2) is 79.0 Å². The van der Waals surface area contributed by atoms with E-state index in [-0.39, 0.29) is 11.1 Å². The molecule has 166 valence electrons. The molecular formula is C26H19F3N2O2. The predicted molar refractivity (Wildman–Crippen MR) is 120 cm³/mol. The van der Waals surface area contributed by atoms with Gasteiger partial charge >= 0.3 is 6.18 Å². The number of aryl methyl sites for hydroxylation is 1. The smallest absolute Gasteiger partial charge is 0.347 e. The number of alkyl halides is 3. The first-order valence-corrected chi connectivity index (χ1v) is 10.6. The zero-order valence-electron chi connectivity index (χ0n) is 17.5. The molecule has 0 radical (unpaired) electrons. The van der Waals surface area contributed by atoms with Crippen LogP contribution in [0.4, 0.5) is 24.5 Å². The predicted octanol–water partition coefficient (Wildman–Crippen LogP) is 5.69. The Labute approximate surface area is 188 Å². The Kier molecular flexibility index (Phi) is 5.04. The summed E-state index contributed by atoms with van der Waals surface area (Å²) in [6.45, 7) is 0.656. The van der Waals surface area contributed by atoms with Gasteiger partial charge in [-0.15, -0.1) is 0 Å². The van der Waals surface area contributed by atoms with Crippen LogP contribution in [0, 0.1) is 0 Å². The summed E-state index contributed by atoms with van der Waals surface area (Å²) in [6.07, 6.45) is -1.28. The molecule has 5 rings (SSSR count).